The minimum Gasteiger partial charge on any atom is -0.347 e. The van der Waals surface area contributed by atoms with E-state index in [1.54, 1.807) is 11.7 Å². The molecular formula is C9H13N3OS. The van der Waals surface area contributed by atoms with Crippen LogP contribution in [0, 0.1) is 0 Å². The fourth-order valence-electron chi connectivity index (χ4n) is 1.74. The van der Waals surface area contributed by atoms with Crippen LogP contribution in [0.15, 0.2) is 11.7 Å². The van der Waals surface area contributed by atoms with Crippen molar-refractivity contribution in [3.63, 3.8) is 0 Å². The third-order valence-corrected chi connectivity index (χ3v) is 3.31. The van der Waals surface area contributed by atoms with Crippen LogP contribution < -0.4 is 11.1 Å². The zero-order chi connectivity index (χ0) is 9.97. The molecule has 14 heavy (non-hydrogen) atoms. The maximum atomic E-state index is 11.6. The van der Waals surface area contributed by atoms with Gasteiger partial charge in [-0.05, 0) is 19.3 Å². The van der Waals surface area contributed by atoms with Gasteiger partial charge in [-0.25, -0.2) is 0 Å². The highest BCUT2D eigenvalue weighted by molar-refractivity contribution is 7.11. The number of aromatic nitrogens is 1. The van der Waals surface area contributed by atoms with Crippen LogP contribution >= 0.6 is 11.3 Å². The topological polar surface area (TPSA) is 68.0 Å². The first kappa shape index (κ1) is 9.61. The highest BCUT2D eigenvalue weighted by Crippen LogP contribution is 2.17. The molecule has 0 bridgehead atoms. The maximum absolute atomic E-state index is 11.6. The van der Waals surface area contributed by atoms with Gasteiger partial charge in [0.2, 0.25) is 0 Å². The largest absolute Gasteiger partial charge is 0.347 e. The Balaban J connectivity index is 1.95. The summed E-state index contributed by atoms with van der Waals surface area (Å²) in [5.41, 5.74) is 7.51. The molecule has 0 radical (unpaired) electrons. The second-order valence-electron chi connectivity index (χ2n) is 3.54. The molecule has 1 aromatic rings. The van der Waals surface area contributed by atoms with Gasteiger partial charge in [-0.2, -0.15) is 0 Å². The van der Waals surface area contributed by atoms with Crippen molar-refractivity contribution in [1.29, 1.82) is 0 Å². The summed E-state index contributed by atoms with van der Waals surface area (Å²) < 4.78 is 0. The van der Waals surface area contributed by atoms with Crippen LogP contribution in [0.4, 0.5) is 0 Å². The lowest BCUT2D eigenvalue weighted by Crippen LogP contribution is -2.43. The van der Waals surface area contributed by atoms with Crippen molar-refractivity contribution in [3.8, 4) is 0 Å². The molecular weight excluding hydrogens is 198 g/mol. The lowest BCUT2D eigenvalue weighted by atomic mass is 10.2. The fraction of sp³-hybridized carbons (Fsp3) is 0.556. The summed E-state index contributed by atoms with van der Waals surface area (Å²) in [6, 6.07) is 0.261. The molecule has 5 heteroatoms. The van der Waals surface area contributed by atoms with E-state index in [0.29, 0.717) is 4.88 Å². The van der Waals surface area contributed by atoms with E-state index < -0.39 is 0 Å². The van der Waals surface area contributed by atoms with Gasteiger partial charge in [0.15, 0.2) is 0 Å². The van der Waals surface area contributed by atoms with Gasteiger partial charge in [-0.15, -0.1) is 11.3 Å². The van der Waals surface area contributed by atoms with E-state index in [9.17, 15) is 4.79 Å². The van der Waals surface area contributed by atoms with Crippen LogP contribution in [0.1, 0.15) is 28.9 Å². The van der Waals surface area contributed by atoms with E-state index in [2.05, 4.69) is 10.3 Å². The second-order valence-corrected chi connectivity index (χ2v) is 4.43. The predicted molar refractivity (Wildman–Crippen MR) is 55.2 cm³/mol. The molecule has 1 aromatic heterocycles. The number of thiazole rings is 1. The third kappa shape index (κ3) is 1.93. The summed E-state index contributed by atoms with van der Waals surface area (Å²) in [5, 5.41) is 2.94. The van der Waals surface area contributed by atoms with Crippen LogP contribution in [0.2, 0.25) is 0 Å². The Morgan fingerprint density at radius 2 is 2.50 bits per heavy atom. The number of hydrogen-bond donors (Lipinski definition) is 2. The molecule has 4 nitrogen and oxygen atoms in total. The summed E-state index contributed by atoms with van der Waals surface area (Å²) in [7, 11) is 0. The molecule has 1 saturated carbocycles. The zero-order valence-electron chi connectivity index (χ0n) is 7.77. The Labute approximate surface area is 86.5 Å². The van der Waals surface area contributed by atoms with Crippen molar-refractivity contribution >= 4 is 17.2 Å². The summed E-state index contributed by atoms with van der Waals surface area (Å²) in [4.78, 5) is 16.1. The van der Waals surface area contributed by atoms with Gasteiger partial charge in [0.25, 0.3) is 5.91 Å². The van der Waals surface area contributed by atoms with Gasteiger partial charge in [-0.3, -0.25) is 9.78 Å². The molecule has 1 heterocycles. The van der Waals surface area contributed by atoms with Crippen LogP contribution in [0.5, 0.6) is 0 Å². The molecule has 2 unspecified atom stereocenters. The van der Waals surface area contributed by atoms with Crippen molar-refractivity contribution in [2.75, 3.05) is 0 Å². The van der Waals surface area contributed by atoms with Gasteiger partial charge >= 0.3 is 0 Å². The van der Waals surface area contributed by atoms with Gasteiger partial charge in [0.1, 0.15) is 4.88 Å². The molecule has 0 aromatic carbocycles. The molecule has 0 spiro atoms. The van der Waals surface area contributed by atoms with Gasteiger partial charge in [0.05, 0.1) is 11.7 Å². The van der Waals surface area contributed by atoms with Crippen molar-refractivity contribution in [1.82, 2.24) is 10.3 Å². The van der Waals surface area contributed by atoms with Gasteiger partial charge in [0, 0.05) is 12.1 Å². The van der Waals surface area contributed by atoms with E-state index in [1.807, 2.05) is 0 Å². The SMILES string of the molecule is NC1CCCC1NC(=O)c1cncs1. The Hall–Kier alpha value is -0.940. The Morgan fingerprint density at radius 1 is 1.64 bits per heavy atom. The van der Waals surface area contributed by atoms with Crippen molar-refractivity contribution < 1.29 is 4.79 Å². The van der Waals surface area contributed by atoms with Crippen molar-refractivity contribution in [2.24, 2.45) is 5.73 Å². The van der Waals surface area contributed by atoms with E-state index in [-0.39, 0.29) is 18.0 Å². The third-order valence-electron chi connectivity index (χ3n) is 2.54. The molecule has 1 amide bonds. The zero-order valence-corrected chi connectivity index (χ0v) is 8.59. The first-order valence-corrected chi connectivity index (χ1v) is 5.60. The van der Waals surface area contributed by atoms with Crippen LogP contribution in [0.3, 0.4) is 0 Å². The minimum absolute atomic E-state index is 0.0464. The van der Waals surface area contributed by atoms with Crippen molar-refractivity contribution in [3.05, 3.63) is 16.6 Å². The first-order valence-electron chi connectivity index (χ1n) is 4.72. The highest BCUT2D eigenvalue weighted by Gasteiger charge is 2.25. The highest BCUT2D eigenvalue weighted by atomic mass is 32.1. The predicted octanol–water partition coefficient (Wildman–Crippen LogP) is 0.753. The number of nitrogens with two attached hydrogens (primary N) is 1. The number of carbonyl (C=O) groups is 1. The summed E-state index contributed by atoms with van der Waals surface area (Å²) >= 11 is 1.35. The Kier molecular flexibility index (Phi) is 2.79. The van der Waals surface area contributed by atoms with E-state index >= 15 is 0 Å². The smallest absolute Gasteiger partial charge is 0.263 e. The molecule has 1 aliphatic carbocycles. The number of nitrogens with zero attached hydrogens (tertiary/aromatic N) is 1. The molecule has 1 aliphatic rings. The summed E-state index contributed by atoms with van der Waals surface area (Å²) in [6.45, 7) is 0. The lowest BCUT2D eigenvalue weighted by Gasteiger charge is -2.16. The number of carbonyl (C=O) groups excluding carboxylic acids is 1. The lowest BCUT2D eigenvalue weighted by molar-refractivity contribution is 0.0938. The quantitative estimate of drug-likeness (QED) is 0.758. The van der Waals surface area contributed by atoms with Crippen molar-refractivity contribution in [2.45, 2.75) is 31.3 Å². The normalized spacial score (nSPS) is 26.4. The molecule has 1 fully saturated rings. The van der Waals surface area contributed by atoms with E-state index in [1.165, 1.54) is 11.3 Å². The monoisotopic (exact) mass is 211 g/mol. The molecule has 2 rings (SSSR count). The fourth-order valence-corrected chi connectivity index (χ4v) is 2.26. The Morgan fingerprint density at radius 3 is 3.07 bits per heavy atom. The maximum Gasteiger partial charge on any atom is 0.263 e. The van der Waals surface area contributed by atoms with E-state index in [4.69, 9.17) is 5.73 Å². The minimum atomic E-state index is -0.0464. The summed E-state index contributed by atoms with van der Waals surface area (Å²) in [5.74, 6) is -0.0464. The van der Waals surface area contributed by atoms with Crippen LogP contribution in [0.25, 0.3) is 0 Å². The Bertz CT molecular complexity index is 312. The van der Waals surface area contributed by atoms with Crippen LogP contribution in [-0.2, 0) is 0 Å². The van der Waals surface area contributed by atoms with Gasteiger partial charge < -0.3 is 11.1 Å². The summed E-state index contributed by atoms with van der Waals surface area (Å²) in [6.07, 6.45) is 4.69. The van der Waals surface area contributed by atoms with Crippen LogP contribution in [-0.4, -0.2) is 23.0 Å². The second kappa shape index (κ2) is 4.06. The number of nitrogens with one attached hydrogen (secondary N) is 1. The average Bonchev–Trinajstić information content (AvgIpc) is 2.77. The standard InChI is InChI=1S/C9H13N3OS/c10-6-2-1-3-7(6)12-9(13)8-4-11-5-14-8/h4-7H,1-3,10H2,(H,12,13). The first-order chi connectivity index (χ1) is 6.77. The van der Waals surface area contributed by atoms with E-state index in [0.717, 1.165) is 19.3 Å². The average molecular weight is 211 g/mol. The molecule has 0 aliphatic heterocycles. The van der Waals surface area contributed by atoms with Gasteiger partial charge in [-0.1, -0.05) is 0 Å². The molecule has 2 atom stereocenters. The molecule has 76 valence electrons. The number of hydrogen-bond acceptors (Lipinski definition) is 4. The number of amides is 1. The molecule has 3 N–H and O–H groups in total. The number of rotatable bonds is 2. The molecule has 0 saturated heterocycles.